The average Bonchev–Trinajstić information content (AvgIpc) is 2.98. The first-order chi connectivity index (χ1) is 9.79. The average molecular weight is 274 g/mol. The molecule has 0 saturated heterocycles. The summed E-state index contributed by atoms with van der Waals surface area (Å²) in [6.45, 7) is 3.17. The Morgan fingerprint density at radius 3 is 2.80 bits per heavy atom. The number of aromatic nitrogens is 1. The molecule has 0 fully saturated rings. The predicted octanol–water partition coefficient (Wildman–Crippen LogP) is 2.44. The van der Waals surface area contributed by atoms with E-state index in [2.05, 4.69) is 10.5 Å². The van der Waals surface area contributed by atoms with E-state index in [0.29, 0.717) is 18.7 Å². The molecule has 1 amide bonds. The monoisotopic (exact) mass is 274 g/mol. The van der Waals surface area contributed by atoms with Crippen LogP contribution < -0.4 is 10.1 Å². The first-order valence-electron chi connectivity index (χ1n) is 6.69. The maximum absolute atomic E-state index is 11.9. The van der Waals surface area contributed by atoms with Gasteiger partial charge in [0.2, 0.25) is 0 Å². The number of carbonyl (C=O) groups is 1. The van der Waals surface area contributed by atoms with Crippen molar-refractivity contribution >= 4 is 5.91 Å². The van der Waals surface area contributed by atoms with Crippen molar-refractivity contribution in [2.24, 2.45) is 0 Å². The van der Waals surface area contributed by atoms with Gasteiger partial charge in [-0.2, -0.15) is 0 Å². The fraction of sp³-hybridized carbons (Fsp3) is 0.333. The Balaban J connectivity index is 1.73. The molecule has 1 heterocycles. The molecule has 0 aliphatic rings. The number of carbonyl (C=O) groups excluding carboxylic acids is 1. The number of amides is 1. The molecule has 2 aromatic rings. The molecular formula is C15H18N2O3. The summed E-state index contributed by atoms with van der Waals surface area (Å²) in [5, 5.41) is 6.51. The van der Waals surface area contributed by atoms with Crippen LogP contribution in [0.1, 0.15) is 29.3 Å². The number of rotatable bonds is 7. The third kappa shape index (κ3) is 4.12. The maximum Gasteiger partial charge on any atom is 0.251 e. The summed E-state index contributed by atoms with van der Waals surface area (Å²) in [6, 6.07) is 7.13. The lowest BCUT2D eigenvalue weighted by molar-refractivity contribution is 0.0953. The highest BCUT2D eigenvalue weighted by Gasteiger charge is 2.05. The fourth-order valence-corrected chi connectivity index (χ4v) is 1.82. The summed E-state index contributed by atoms with van der Waals surface area (Å²) in [5.74, 6) is 0.704. The van der Waals surface area contributed by atoms with Gasteiger partial charge in [-0.15, -0.1) is 0 Å². The van der Waals surface area contributed by atoms with Crippen LogP contribution in [0.15, 0.2) is 41.2 Å². The number of hydrogen-bond acceptors (Lipinski definition) is 4. The minimum absolute atomic E-state index is 0.0710. The molecule has 1 aromatic carbocycles. The zero-order chi connectivity index (χ0) is 14.2. The minimum Gasteiger partial charge on any atom is -0.494 e. The Morgan fingerprint density at radius 2 is 2.15 bits per heavy atom. The van der Waals surface area contributed by atoms with Crippen molar-refractivity contribution in [3.63, 3.8) is 0 Å². The largest absolute Gasteiger partial charge is 0.494 e. The van der Waals surface area contributed by atoms with Crippen LogP contribution in [-0.2, 0) is 6.42 Å². The molecule has 0 aliphatic heterocycles. The first-order valence-corrected chi connectivity index (χ1v) is 6.69. The predicted molar refractivity (Wildman–Crippen MR) is 74.8 cm³/mol. The Morgan fingerprint density at radius 1 is 1.35 bits per heavy atom. The molecule has 1 aromatic heterocycles. The number of nitrogens with zero attached hydrogens (tertiary/aromatic N) is 1. The van der Waals surface area contributed by atoms with Crippen LogP contribution in [0.5, 0.6) is 5.75 Å². The van der Waals surface area contributed by atoms with Crippen LogP contribution in [0.4, 0.5) is 0 Å². The minimum atomic E-state index is -0.0710. The highest BCUT2D eigenvalue weighted by Crippen LogP contribution is 2.11. The van der Waals surface area contributed by atoms with E-state index < -0.39 is 0 Å². The standard InChI is InChI=1S/C15H18N2O3/c1-2-19-14-7-5-13(6-8-14)15(18)16-9-3-4-12-10-17-20-11-12/h5-8,10-11H,2-4,9H2,1H3,(H,16,18). The third-order valence-corrected chi connectivity index (χ3v) is 2.84. The second kappa shape index (κ2) is 7.33. The molecule has 0 radical (unpaired) electrons. The molecule has 5 heteroatoms. The van der Waals surface area contributed by atoms with Crippen LogP contribution in [0.3, 0.4) is 0 Å². The van der Waals surface area contributed by atoms with Gasteiger partial charge in [0, 0.05) is 17.7 Å². The molecular weight excluding hydrogens is 256 g/mol. The Bertz CT molecular complexity index is 521. The van der Waals surface area contributed by atoms with Gasteiger partial charge < -0.3 is 14.6 Å². The molecule has 0 unspecified atom stereocenters. The van der Waals surface area contributed by atoms with Gasteiger partial charge in [-0.1, -0.05) is 5.16 Å². The van der Waals surface area contributed by atoms with E-state index in [9.17, 15) is 4.79 Å². The number of aryl methyl sites for hydroxylation is 1. The van der Waals surface area contributed by atoms with Crippen molar-refractivity contribution in [1.29, 1.82) is 0 Å². The fourth-order valence-electron chi connectivity index (χ4n) is 1.82. The van der Waals surface area contributed by atoms with Crippen LogP contribution >= 0.6 is 0 Å². The van der Waals surface area contributed by atoms with E-state index >= 15 is 0 Å². The number of benzene rings is 1. The molecule has 0 saturated carbocycles. The van der Waals surface area contributed by atoms with Crippen LogP contribution in [0, 0.1) is 0 Å². The molecule has 2 rings (SSSR count). The second-order valence-corrected chi connectivity index (χ2v) is 4.35. The molecule has 0 aliphatic carbocycles. The third-order valence-electron chi connectivity index (χ3n) is 2.84. The highest BCUT2D eigenvalue weighted by atomic mass is 16.5. The van der Waals surface area contributed by atoms with E-state index in [4.69, 9.17) is 9.26 Å². The quantitative estimate of drug-likeness (QED) is 0.788. The number of ether oxygens (including phenoxy) is 1. The van der Waals surface area contributed by atoms with Gasteiger partial charge in [-0.25, -0.2) is 0 Å². The zero-order valence-corrected chi connectivity index (χ0v) is 11.5. The van der Waals surface area contributed by atoms with Gasteiger partial charge in [-0.05, 0) is 44.0 Å². The van der Waals surface area contributed by atoms with Gasteiger partial charge in [0.05, 0.1) is 12.8 Å². The topological polar surface area (TPSA) is 64.4 Å². The van der Waals surface area contributed by atoms with Gasteiger partial charge in [0.15, 0.2) is 0 Å². The molecule has 0 bridgehead atoms. The number of nitrogens with one attached hydrogen (secondary N) is 1. The summed E-state index contributed by atoms with van der Waals surface area (Å²) in [7, 11) is 0. The van der Waals surface area contributed by atoms with E-state index in [1.54, 1.807) is 36.7 Å². The van der Waals surface area contributed by atoms with Crippen molar-refractivity contribution in [2.45, 2.75) is 19.8 Å². The van der Waals surface area contributed by atoms with Gasteiger partial charge >= 0.3 is 0 Å². The van der Waals surface area contributed by atoms with E-state index in [1.165, 1.54) is 0 Å². The van der Waals surface area contributed by atoms with E-state index in [1.807, 2.05) is 6.92 Å². The van der Waals surface area contributed by atoms with Gasteiger partial charge in [-0.3, -0.25) is 4.79 Å². The van der Waals surface area contributed by atoms with Gasteiger partial charge in [0.1, 0.15) is 12.0 Å². The summed E-state index contributed by atoms with van der Waals surface area (Å²) >= 11 is 0. The normalized spacial score (nSPS) is 10.2. The summed E-state index contributed by atoms with van der Waals surface area (Å²) < 4.78 is 10.1. The summed E-state index contributed by atoms with van der Waals surface area (Å²) in [6.07, 6.45) is 5.00. The molecule has 1 N–H and O–H groups in total. The molecule has 0 atom stereocenters. The zero-order valence-electron chi connectivity index (χ0n) is 11.5. The van der Waals surface area contributed by atoms with Crippen LogP contribution in [-0.4, -0.2) is 24.2 Å². The Hall–Kier alpha value is -2.30. The lowest BCUT2D eigenvalue weighted by Gasteiger charge is -2.06. The lowest BCUT2D eigenvalue weighted by atomic mass is 10.2. The van der Waals surface area contributed by atoms with Crippen LogP contribution in [0.25, 0.3) is 0 Å². The second-order valence-electron chi connectivity index (χ2n) is 4.35. The van der Waals surface area contributed by atoms with Gasteiger partial charge in [0.25, 0.3) is 5.91 Å². The molecule has 5 nitrogen and oxygen atoms in total. The van der Waals surface area contributed by atoms with Crippen molar-refractivity contribution in [2.75, 3.05) is 13.2 Å². The summed E-state index contributed by atoms with van der Waals surface area (Å²) in [4.78, 5) is 11.9. The SMILES string of the molecule is CCOc1ccc(C(=O)NCCCc2cnoc2)cc1. The maximum atomic E-state index is 11.9. The van der Waals surface area contributed by atoms with E-state index in [0.717, 1.165) is 24.2 Å². The van der Waals surface area contributed by atoms with Crippen molar-refractivity contribution in [3.8, 4) is 5.75 Å². The number of hydrogen-bond donors (Lipinski definition) is 1. The molecule has 0 spiro atoms. The lowest BCUT2D eigenvalue weighted by Crippen LogP contribution is -2.24. The van der Waals surface area contributed by atoms with E-state index in [-0.39, 0.29) is 5.91 Å². The first kappa shape index (κ1) is 14.1. The highest BCUT2D eigenvalue weighted by molar-refractivity contribution is 5.94. The Kier molecular flexibility index (Phi) is 5.17. The van der Waals surface area contributed by atoms with Crippen molar-refractivity contribution < 1.29 is 14.1 Å². The van der Waals surface area contributed by atoms with Crippen molar-refractivity contribution in [3.05, 3.63) is 47.9 Å². The Labute approximate surface area is 117 Å². The van der Waals surface area contributed by atoms with Crippen molar-refractivity contribution in [1.82, 2.24) is 10.5 Å². The molecule has 106 valence electrons. The van der Waals surface area contributed by atoms with Crippen LogP contribution in [0.2, 0.25) is 0 Å². The summed E-state index contributed by atoms with van der Waals surface area (Å²) in [5.41, 5.74) is 1.68. The molecule has 20 heavy (non-hydrogen) atoms. The smallest absolute Gasteiger partial charge is 0.251 e.